The summed E-state index contributed by atoms with van der Waals surface area (Å²) in [6.45, 7) is 18.1. The molecule has 0 fully saturated rings. The van der Waals surface area contributed by atoms with E-state index in [1.165, 1.54) is 0 Å². The summed E-state index contributed by atoms with van der Waals surface area (Å²) in [4.78, 5) is 57.1. The zero-order valence-electron chi connectivity index (χ0n) is 57.1. The van der Waals surface area contributed by atoms with E-state index in [1.807, 2.05) is 173 Å². The van der Waals surface area contributed by atoms with Gasteiger partial charge in [0.1, 0.15) is 34.5 Å². The fourth-order valence-electron chi connectivity index (χ4n) is 11.6. The molecule has 0 saturated heterocycles. The zero-order valence-corrected chi connectivity index (χ0v) is 57.1. The van der Waals surface area contributed by atoms with Crippen molar-refractivity contribution in [3.63, 3.8) is 0 Å². The lowest BCUT2D eigenvalue weighted by Crippen LogP contribution is -2.20. The Kier molecular flexibility index (Phi) is 26.0. The second kappa shape index (κ2) is 35.5. The van der Waals surface area contributed by atoms with Crippen LogP contribution in [-0.4, -0.2) is 50.7 Å². The van der Waals surface area contributed by atoms with Gasteiger partial charge in [-0.3, -0.25) is 10.6 Å². The molecule has 0 radical (unpaired) electrons. The van der Waals surface area contributed by atoms with Gasteiger partial charge in [0.05, 0.1) is 26.4 Å². The molecule has 6 amide bonds. The van der Waals surface area contributed by atoms with Gasteiger partial charge in [0.15, 0.2) is 0 Å². The summed E-state index contributed by atoms with van der Waals surface area (Å²) in [7, 11) is 0. The number of benzene rings is 8. The van der Waals surface area contributed by atoms with Crippen LogP contribution in [0.25, 0.3) is 0 Å². The van der Waals surface area contributed by atoms with Gasteiger partial charge in [-0.1, -0.05) is 150 Å². The van der Waals surface area contributed by atoms with Crippen molar-refractivity contribution < 1.29 is 47.6 Å². The van der Waals surface area contributed by atoms with E-state index in [2.05, 4.69) is 59.6 Å². The fourth-order valence-corrected chi connectivity index (χ4v) is 11.6. The monoisotopic (exact) mass is 1300 g/mol. The molecule has 0 atom stereocenters. The van der Waals surface area contributed by atoms with Crippen LogP contribution in [0.1, 0.15) is 172 Å². The van der Waals surface area contributed by atoms with E-state index in [-0.39, 0.29) is 37.2 Å². The summed E-state index contributed by atoms with van der Waals surface area (Å²) in [6, 6.07) is 44.4. The Morgan fingerprint density at radius 1 is 0.292 bits per heavy atom. The van der Waals surface area contributed by atoms with Crippen molar-refractivity contribution in [2.45, 2.75) is 158 Å². The third kappa shape index (κ3) is 21.0. The SMILES string of the molecule is CCCCCOc1c2cc(NC(=O)Nc3ccc(C)cc3)cc1Cc1cc(OC(=O)Nc3ccc(C)cc3)cc(c1OCCCCC)Cc1cc(NC(=O)Nc3ccc(C)cc3)cc(c1OCCCCC)Cc1cc(OC(=O)Nc3ccc(C)cc3)cc(c1OCCCCC)C2. The quantitative estimate of drug-likeness (QED) is 0.0257. The van der Waals surface area contributed by atoms with Crippen molar-refractivity contribution in [1.82, 2.24) is 0 Å². The third-order valence-electron chi connectivity index (χ3n) is 16.6. The highest BCUT2D eigenvalue weighted by atomic mass is 16.6. The van der Waals surface area contributed by atoms with Gasteiger partial charge in [0, 0.05) is 104 Å². The first-order valence-corrected chi connectivity index (χ1v) is 34.2. The molecule has 96 heavy (non-hydrogen) atoms. The smallest absolute Gasteiger partial charge is 0.417 e. The molecular weight excluding hydrogens is 1200 g/mol. The van der Waals surface area contributed by atoms with E-state index in [9.17, 15) is 19.2 Å². The topological polar surface area (TPSA) is 196 Å². The van der Waals surface area contributed by atoms with E-state index in [1.54, 1.807) is 0 Å². The molecule has 0 unspecified atom stereocenters. The second-order valence-corrected chi connectivity index (χ2v) is 25.0. The molecule has 9 rings (SSSR count). The first kappa shape index (κ1) is 70.4. The lowest BCUT2D eigenvalue weighted by molar-refractivity contribution is 0.214. The Morgan fingerprint density at radius 2 is 0.510 bits per heavy atom. The summed E-state index contributed by atoms with van der Waals surface area (Å²) in [5.74, 6) is 2.82. The first-order chi connectivity index (χ1) is 46.6. The van der Waals surface area contributed by atoms with Crippen LogP contribution in [0, 0.1) is 27.7 Å². The summed E-state index contributed by atoms with van der Waals surface area (Å²) < 4.78 is 41.1. The van der Waals surface area contributed by atoms with E-state index in [4.69, 9.17) is 28.4 Å². The fraction of sp³-hybridized carbons (Fsp3) is 0.350. The molecule has 16 nitrogen and oxygen atoms in total. The molecule has 8 aromatic carbocycles. The summed E-state index contributed by atoms with van der Waals surface area (Å²) >= 11 is 0. The van der Waals surface area contributed by atoms with Crippen LogP contribution in [0.5, 0.6) is 34.5 Å². The minimum Gasteiger partial charge on any atom is -0.493 e. The second-order valence-electron chi connectivity index (χ2n) is 25.0. The zero-order chi connectivity index (χ0) is 67.8. The number of anilines is 6. The van der Waals surface area contributed by atoms with E-state index < -0.39 is 24.2 Å². The summed E-state index contributed by atoms with van der Waals surface area (Å²) in [6.07, 6.45) is 9.90. The van der Waals surface area contributed by atoms with Crippen LogP contribution in [0.2, 0.25) is 0 Å². The first-order valence-electron chi connectivity index (χ1n) is 34.2. The van der Waals surface area contributed by atoms with Crippen molar-refractivity contribution in [3.8, 4) is 34.5 Å². The number of amides is 6. The highest BCUT2D eigenvalue weighted by molar-refractivity contribution is 6.01. The van der Waals surface area contributed by atoms with Crippen LogP contribution >= 0.6 is 0 Å². The Balaban J connectivity index is 1.32. The number of urea groups is 2. The maximum atomic E-state index is 14.3. The summed E-state index contributed by atoms with van der Waals surface area (Å²) in [5.41, 5.74) is 13.0. The standard InChI is InChI=1S/C80H94N6O10/c1-9-13-17-37-91-73-57-41-61-49-71(95-79(89)85-67-33-25-55(7)26-34-67)51-63(75(61)93-39-19-15-11-3)43-59-47-70(84-78(88)82-66-31-23-54(6)24-32-66)48-60(74(59)92-38-18-14-10-2)44-64-52-72(96-80(90)86-68-35-27-56(8)28-36-68)50-62(76(64)94-40-20-16-12-4)42-58(73)46-69(45-57)83-77(87)81-65-29-21-53(5)22-30-65/h21-36,45-52H,9-20,37-44H2,1-8H3,(H,85,89)(H,86,90)(H2,81,83,87)(H2,82,84,88). The van der Waals surface area contributed by atoms with Gasteiger partial charge >= 0.3 is 24.2 Å². The Morgan fingerprint density at radius 3 is 0.750 bits per heavy atom. The Hall–Kier alpha value is -9.96. The van der Waals surface area contributed by atoms with E-state index in [0.717, 1.165) is 99.3 Å². The van der Waals surface area contributed by atoms with Gasteiger partial charge < -0.3 is 49.7 Å². The number of hydrogen-bond acceptors (Lipinski definition) is 10. The Labute approximate surface area is 566 Å². The molecule has 6 N–H and O–H groups in total. The number of carbonyl (C=O) groups excluding carboxylic acids is 4. The highest BCUT2D eigenvalue weighted by Gasteiger charge is 2.27. The van der Waals surface area contributed by atoms with Crippen molar-refractivity contribution in [2.24, 2.45) is 0 Å². The van der Waals surface area contributed by atoms with Crippen molar-refractivity contribution in [3.05, 3.63) is 212 Å². The average Bonchev–Trinajstić information content (AvgIpc) is 0.825. The van der Waals surface area contributed by atoms with Crippen LogP contribution in [0.3, 0.4) is 0 Å². The predicted octanol–water partition coefficient (Wildman–Crippen LogP) is 20.4. The minimum atomic E-state index is -0.694. The lowest BCUT2D eigenvalue weighted by atomic mass is 9.90. The van der Waals surface area contributed by atoms with Gasteiger partial charge in [-0.25, -0.2) is 19.2 Å². The van der Waals surface area contributed by atoms with Crippen LogP contribution < -0.4 is 60.3 Å². The lowest BCUT2D eigenvalue weighted by Gasteiger charge is -2.25. The molecule has 16 heteroatoms. The molecule has 0 saturated carbocycles. The van der Waals surface area contributed by atoms with Gasteiger partial charge in [-0.05, 0) is 150 Å². The number of rotatable bonds is 28. The maximum Gasteiger partial charge on any atom is 0.417 e. The molecule has 1 aliphatic carbocycles. The molecule has 0 spiro atoms. The van der Waals surface area contributed by atoms with Gasteiger partial charge in [0.2, 0.25) is 0 Å². The molecule has 0 aromatic heterocycles. The number of aryl methyl sites for hydroxylation is 4. The average molecular weight is 1300 g/mol. The van der Waals surface area contributed by atoms with Crippen LogP contribution in [0.4, 0.5) is 53.3 Å². The Bertz CT molecular complexity index is 3310. The van der Waals surface area contributed by atoms with Gasteiger partial charge in [-0.2, -0.15) is 0 Å². The molecule has 8 bridgehead atoms. The largest absolute Gasteiger partial charge is 0.493 e. The molecule has 504 valence electrons. The van der Waals surface area contributed by atoms with E-state index in [0.29, 0.717) is 128 Å². The minimum absolute atomic E-state index is 0.165. The number of ether oxygens (including phenoxy) is 6. The van der Waals surface area contributed by atoms with Crippen LogP contribution in [-0.2, 0) is 25.7 Å². The molecule has 8 aromatic rings. The predicted molar refractivity (Wildman–Crippen MR) is 386 cm³/mol. The number of unbranched alkanes of at least 4 members (excludes halogenated alkanes) is 8. The maximum absolute atomic E-state index is 14.3. The molecule has 0 heterocycles. The van der Waals surface area contributed by atoms with E-state index >= 15 is 0 Å². The summed E-state index contributed by atoms with van der Waals surface area (Å²) in [5, 5.41) is 18.3. The van der Waals surface area contributed by atoms with Crippen molar-refractivity contribution in [2.75, 3.05) is 58.3 Å². The van der Waals surface area contributed by atoms with Gasteiger partial charge in [-0.15, -0.1) is 0 Å². The van der Waals surface area contributed by atoms with Crippen molar-refractivity contribution >= 4 is 58.4 Å². The van der Waals surface area contributed by atoms with Crippen LogP contribution in [0.15, 0.2) is 146 Å². The highest BCUT2D eigenvalue weighted by Crippen LogP contribution is 2.44. The number of hydrogen-bond donors (Lipinski definition) is 6. The molecule has 1 aliphatic rings. The molecular formula is C80H94N6O10. The third-order valence-corrected chi connectivity index (χ3v) is 16.6. The number of fused-ring (bicyclic) bond motifs is 8. The normalized spacial score (nSPS) is 11.6. The van der Waals surface area contributed by atoms with Crippen molar-refractivity contribution in [1.29, 1.82) is 0 Å². The van der Waals surface area contributed by atoms with Gasteiger partial charge in [0.25, 0.3) is 0 Å². The number of carbonyl (C=O) groups is 4. The number of nitrogens with one attached hydrogen (secondary N) is 6. The molecule has 0 aliphatic heterocycles.